The third kappa shape index (κ3) is 3.77. The Kier molecular flexibility index (Phi) is 4.16. The van der Waals surface area contributed by atoms with Crippen molar-refractivity contribution in [3.05, 3.63) is 29.8 Å². The molecule has 0 fully saturated rings. The lowest BCUT2D eigenvalue weighted by Crippen LogP contribution is -2.44. The van der Waals surface area contributed by atoms with E-state index in [-0.39, 0.29) is 17.4 Å². The van der Waals surface area contributed by atoms with Crippen LogP contribution in [0.5, 0.6) is 0 Å². The van der Waals surface area contributed by atoms with Crippen molar-refractivity contribution in [3.8, 4) is 0 Å². The number of carbonyl (C=O) groups is 1. The number of benzene rings is 1. The summed E-state index contributed by atoms with van der Waals surface area (Å²) in [5.74, 6) is -0.133. The molecule has 0 spiro atoms. The van der Waals surface area contributed by atoms with Gasteiger partial charge < -0.3 is 11.1 Å². The molecule has 0 radical (unpaired) electrons. The van der Waals surface area contributed by atoms with Crippen molar-refractivity contribution in [2.24, 2.45) is 0 Å². The van der Waals surface area contributed by atoms with Crippen LogP contribution in [0, 0.1) is 0 Å². The average Bonchev–Trinajstić information content (AvgIpc) is 2.27. The van der Waals surface area contributed by atoms with E-state index >= 15 is 0 Å². The molecule has 0 bridgehead atoms. The molecule has 1 amide bonds. The predicted octanol–water partition coefficient (Wildman–Crippen LogP) is 2.68. The first-order valence-electron chi connectivity index (χ1n) is 6.03. The lowest BCUT2D eigenvalue weighted by Gasteiger charge is -2.26. The van der Waals surface area contributed by atoms with E-state index in [1.54, 1.807) is 0 Å². The van der Waals surface area contributed by atoms with Crippen LogP contribution in [0.1, 0.15) is 45.6 Å². The van der Waals surface area contributed by atoms with Gasteiger partial charge in [-0.2, -0.15) is 0 Å². The third-order valence-corrected chi connectivity index (χ3v) is 3.15. The minimum Gasteiger partial charge on any atom is -0.399 e. The normalized spacial score (nSPS) is 13.2. The molecule has 0 aliphatic carbocycles. The molecule has 1 aromatic rings. The summed E-state index contributed by atoms with van der Waals surface area (Å²) in [4.78, 5) is 12.1. The van der Waals surface area contributed by atoms with Crippen LogP contribution < -0.4 is 11.1 Å². The van der Waals surface area contributed by atoms with Crippen LogP contribution in [0.4, 0.5) is 5.69 Å². The molecule has 0 aliphatic rings. The number of nitrogens with two attached hydrogens (primary N) is 1. The third-order valence-electron chi connectivity index (χ3n) is 3.15. The maximum atomic E-state index is 12.1. The van der Waals surface area contributed by atoms with Gasteiger partial charge in [0, 0.05) is 11.2 Å². The Balaban J connectivity index is 2.77. The lowest BCUT2D eigenvalue weighted by atomic mass is 9.96. The summed E-state index contributed by atoms with van der Waals surface area (Å²) in [5, 5.41) is 3.04. The summed E-state index contributed by atoms with van der Waals surface area (Å²) in [6.45, 7) is 8.01. The number of amides is 1. The first-order valence-corrected chi connectivity index (χ1v) is 6.03. The van der Waals surface area contributed by atoms with E-state index in [1.165, 1.54) is 0 Å². The van der Waals surface area contributed by atoms with Gasteiger partial charge in [0.2, 0.25) is 5.91 Å². The van der Waals surface area contributed by atoms with Gasteiger partial charge in [0.05, 0.1) is 5.92 Å². The number of nitrogens with one attached hydrogen (secondary N) is 1. The first-order chi connectivity index (χ1) is 7.85. The molecule has 0 saturated carbocycles. The summed E-state index contributed by atoms with van der Waals surface area (Å²) in [5.41, 5.74) is 7.20. The van der Waals surface area contributed by atoms with Gasteiger partial charge in [-0.05, 0) is 44.9 Å². The highest BCUT2D eigenvalue weighted by Crippen LogP contribution is 2.19. The van der Waals surface area contributed by atoms with Gasteiger partial charge in [-0.25, -0.2) is 0 Å². The maximum Gasteiger partial charge on any atom is 0.227 e. The molecular weight excluding hydrogens is 212 g/mol. The Hall–Kier alpha value is -1.51. The van der Waals surface area contributed by atoms with E-state index in [2.05, 4.69) is 12.2 Å². The Morgan fingerprint density at radius 3 is 2.65 bits per heavy atom. The molecule has 3 heteroatoms. The van der Waals surface area contributed by atoms with Gasteiger partial charge in [-0.15, -0.1) is 0 Å². The maximum absolute atomic E-state index is 12.1. The summed E-state index contributed by atoms with van der Waals surface area (Å²) in [6.07, 6.45) is 0.905. The van der Waals surface area contributed by atoms with Gasteiger partial charge >= 0.3 is 0 Å². The van der Waals surface area contributed by atoms with Crippen LogP contribution in [-0.2, 0) is 4.79 Å². The van der Waals surface area contributed by atoms with Crippen LogP contribution >= 0.6 is 0 Å². The van der Waals surface area contributed by atoms with E-state index in [4.69, 9.17) is 5.73 Å². The van der Waals surface area contributed by atoms with Crippen LogP contribution in [0.2, 0.25) is 0 Å². The smallest absolute Gasteiger partial charge is 0.227 e. The number of hydrogen-bond acceptors (Lipinski definition) is 2. The molecule has 0 aromatic heterocycles. The largest absolute Gasteiger partial charge is 0.399 e. The van der Waals surface area contributed by atoms with Gasteiger partial charge in [0.25, 0.3) is 0 Å². The van der Waals surface area contributed by atoms with Crippen LogP contribution in [0.3, 0.4) is 0 Å². The number of nitrogen functional groups attached to an aromatic ring is 1. The quantitative estimate of drug-likeness (QED) is 0.787. The van der Waals surface area contributed by atoms with Crippen molar-refractivity contribution in [3.63, 3.8) is 0 Å². The van der Waals surface area contributed by atoms with Crippen LogP contribution in [0.25, 0.3) is 0 Å². The van der Waals surface area contributed by atoms with E-state index in [0.717, 1.165) is 12.0 Å². The van der Waals surface area contributed by atoms with Crippen molar-refractivity contribution in [1.29, 1.82) is 0 Å². The monoisotopic (exact) mass is 234 g/mol. The second-order valence-electron chi connectivity index (χ2n) is 5.12. The van der Waals surface area contributed by atoms with E-state index in [1.807, 2.05) is 45.0 Å². The summed E-state index contributed by atoms with van der Waals surface area (Å²) in [7, 11) is 0. The highest BCUT2D eigenvalue weighted by Gasteiger charge is 2.22. The summed E-state index contributed by atoms with van der Waals surface area (Å²) < 4.78 is 0. The number of hydrogen-bond donors (Lipinski definition) is 2. The lowest BCUT2D eigenvalue weighted by molar-refractivity contribution is -0.123. The Bertz CT molecular complexity index is 399. The molecule has 1 rings (SSSR count). The molecule has 1 atom stereocenters. The Labute approximate surface area is 103 Å². The summed E-state index contributed by atoms with van der Waals surface area (Å²) in [6, 6.07) is 7.48. The van der Waals surface area contributed by atoms with Crippen molar-refractivity contribution < 1.29 is 4.79 Å². The molecule has 3 nitrogen and oxygen atoms in total. The molecule has 0 heterocycles. The van der Waals surface area contributed by atoms with E-state index in [9.17, 15) is 4.79 Å². The number of rotatable bonds is 4. The standard InChI is InChI=1S/C14H22N2O/c1-5-14(3,4)16-13(17)10(2)11-7-6-8-12(15)9-11/h6-10H,5,15H2,1-4H3,(H,16,17). The second kappa shape index (κ2) is 5.21. The van der Waals surface area contributed by atoms with Crippen molar-refractivity contribution >= 4 is 11.6 Å². The fourth-order valence-corrected chi connectivity index (χ4v) is 1.51. The van der Waals surface area contributed by atoms with Gasteiger partial charge in [0.1, 0.15) is 0 Å². The van der Waals surface area contributed by atoms with Gasteiger partial charge in [-0.1, -0.05) is 19.1 Å². The van der Waals surface area contributed by atoms with Gasteiger partial charge in [0.15, 0.2) is 0 Å². The topological polar surface area (TPSA) is 55.1 Å². The molecule has 1 unspecified atom stereocenters. The Morgan fingerprint density at radius 1 is 1.47 bits per heavy atom. The predicted molar refractivity (Wildman–Crippen MR) is 71.8 cm³/mol. The molecule has 17 heavy (non-hydrogen) atoms. The minimum absolute atomic E-state index is 0.0439. The molecular formula is C14H22N2O. The SMILES string of the molecule is CCC(C)(C)NC(=O)C(C)c1cccc(N)c1. The van der Waals surface area contributed by atoms with Crippen molar-refractivity contribution in [2.75, 3.05) is 5.73 Å². The first kappa shape index (κ1) is 13.6. The van der Waals surface area contributed by atoms with Crippen molar-refractivity contribution in [1.82, 2.24) is 5.32 Å². The second-order valence-corrected chi connectivity index (χ2v) is 5.12. The molecule has 0 aliphatic heterocycles. The number of anilines is 1. The van der Waals surface area contributed by atoms with Crippen molar-refractivity contribution in [2.45, 2.75) is 45.6 Å². The molecule has 0 saturated heterocycles. The molecule has 94 valence electrons. The Morgan fingerprint density at radius 2 is 2.12 bits per heavy atom. The van der Waals surface area contributed by atoms with E-state index < -0.39 is 0 Å². The number of carbonyl (C=O) groups excluding carboxylic acids is 1. The van der Waals surface area contributed by atoms with Gasteiger partial charge in [-0.3, -0.25) is 4.79 Å². The summed E-state index contributed by atoms with van der Waals surface area (Å²) >= 11 is 0. The average molecular weight is 234 g/mol. The highest BCUT2D eigenvalue weighted by molar-refractivity contribution is 5.84. The minimum atomic E-state index is -0.177. The molecule has 1 aromatic carbocycles. The molecule has 3 N–H and O–H groups in total. The zero-order valence-electron chi connectivity index (χ0n) is 11.1. The fraction of sp³-hybridized carbons (Fsp3) is 0.500. The zero-order valence-corrected chi connectivity index (χ0v) is 11.1. The fourth-order valence-electron chi connectivity index (χ4n) is 1.51. The van der Waals surface area contributed by atoms with Crippen LogP contribution in [0.15, 0.2) is 24.3 Å². The highest BCUT2D eigenvalue weighted by atomic mass is 16.2. The van der Waals surface area contributed by atoms with Crippen LogP contribution in [-0.4, -0.2) is 11.4 Å². The zero-order chi connectivity index (χ0) is 13.1. The van der Waals surface area contributed by atoms with E-state index in [0.29, 0.717) is 5.69 Å².